The van der Waals surface area contributed by atoms with Gasteiger partial charge in [-0.25, -0.2) is 18.5 Å². The molecule has 0 fully saturated rings. The molecule has 0 aliphatic rings. The second kappa shape index (κ2) is 8.19. The molecule has 166 valence electrons. The number of methoxy groups -OCH3 is 1. The Morgan fingerprint density at radius 3 is 2.48 bits per heavy atom. The first-order valence-electron chi connectivity index (χ1n) is 9.29. The number of nitrogens with two attached hydrogens (primary N) is 3. The molecule has 4 rings (SSSR count). The fourth-order valence-corrected chi connectivity index (χ4v) is 3.62. The van der Waals surface area contributed by atoms with E-state index in [1.165, 1.54) is 22.7 Å². The molecule has 0 bridgehead atoms. The van der Waals surface area contributed by atoms with E-state index in [-0.39, 0.29) is 39.1 Å². The molecule has 33 heavy (non-hydrogen) atoms. The predicted octanol–water partition coefficient (Wildman–Crippen LogP) is 2.50. The summed E-state index contributed by atoms with van der Waals surface area (Å²) in [5, 5.41) is 27.1. The van der Waals surface area contributed by atoms with Gasteiger partial charge in [0.25, 0.3) is 0 Å². The third-order valence-electron chi connectivity index (χ3n) is 4.69. The van der Waals surface area contributed by atoms with Crippen LogP contribution in [0.4, 0.5) is 23.0 Å². The number of hydrogen-bond donors (Lipinski definition) is 3. The lowest BCUT2D eigenvalue weighted by molar-refractivity contribution is 0.415. The van der Waals surface area contributed by atoms with Crippen LogP contribution in [0.3, 0.4) is 0 Å². The molecule has 0 amide bonds. The van der Waals surface area contributed by atoms with Crippen molar-refractivity contribution in [1.82, 2.24) is 14.6 Å². The zero-order chi connectivity index (χ0) is 23.8. The molecule has 0 saturated heterocycles. The number of fused-ring (bicyclic) bond motifs is 1. The van der Waals surface area contributed by atoms with Gasteiger partial charge in [0, 0.05) is 5.56 Å². The Morgan fingerprint density at radius 1 is 1.12 bits per heavy atom. The number of ether oxygens (including phenoxy) is 1. The average Bonchev–Trinajstić information content (AvgIpc) is 3.12. The first-order valence-corrected chi connectivity index (χ1v) is 10.8. The number of azo groups is 1. The zero-order valence-electron chi connectivity index (χ0n) is 17.2. The number of nitrogens with zero attached hydrogens (tertiary/aromatic N) is 6. The van der Waals surface area contributed by atoms with E-state index in [9.17, 15) is 13.7 Å². The van der Waals surface area contributed by atoms with Crippen molar-refractivity contribution in [3.63, 3.8) is 0 Å². The van der Waals surface area contributed by atoms with Crippen molar-refractivity contribution < 1.29 is 13.2 Å². The molecular weight excluding hydrogens is 446 g/mol. The number of nitrogen functional groups attached to an aromatic ring is 2. The largest absolute Gasteiger partial charge is 0.497 e. The van der Waals surface area contributed by atoms with Crippen LogP contribution in [0.25, 0.3) is 16.9 Å². The van der Waals surface area contributed by atoms with Crippen molar-refractivity contribution in [2.75, 3.05) is 18.6 Å². The maximum atomic E-state index is 11.6. The second-order valence-electron chi connectivity index (χ2n) is 6.77. The summed E-state index contributed by atoms with van der Waals surface area (Å²) in [6.07, 6.45) is 0. The number of benzene rings is 2. The Labute approximate surface area is 188 Å². The van der Waals surface area contributed by atoms with Crippen LogP contribution in [0.2, 0.25) is 0 Å². The quantitative estimate of drug-likeness (QED) is 0.374. The minimum Gasteiger partial charge on any atom is -0.497 e. The molecule has 0 unspecified atom stereocenters. The normalized spacial score (nSPS) is 11.7. The summed E-state index contributed by atoms with van der Waals surface area (Å²) in [5.74, 6) is 0.630. The van der Waals surface area contributed by atoms with Crippen LogP contribution in [0, 0.1) is 11.3 Å². The zero-order valence-corrected chi connectivity index (χ0v) is 18.0. The Kier molecular flexibility index (Phi) is 5.38. The summed E-state index contributed by atoms with van der Waals surface area (Å²) in [6.45, 7) is 0. The molecule has 0 spiro atoms. The Morgan fingerprint density at radius 2 is 1.85 bits per heavy atom. The van der Waals surface area contributed by atoms with Crippen molar-refractivity contribution in [2.45, 2.75) is 4.90 Å². The van der Waals surface area contributed by atoms with Gasteiger partial charge >= 0.3 is 0 Å². The topological polar surface area (TPSA) is 200 Å². The maximum absolute atomic E-state index is 11.6. The molecule has 0 saturated carbocycles. The van der Waals surface area contributed by atoms with Crippen LogP contribution < -0.4 is 21.3 Å². The summed E-state index contributed by atoms with van der Waals surface area (Å²) in [5.41, 5.74) is 13.7. The Hall–Kier alpha value is -4.54. The van der Waals surface area contributed by atoms with Crippen molar-refractivity contribution in [3.05, 3.63) is 54.1 Å². The predicted molar refractivity (Wildman–Crippen MR) is 121 cm³/mol. The minimum atomic E-state index is -3.91. The van der Waals surface area contributed by atoms with Crippen molar-refractivity contribution >= 4 is 38.7 Å². The lowest BCUT2D eigenvalue weighted by Gasteiger charge is -2.09. The van der Waals surface area contributed by atoms with Crippen LogP contribution >= 0.6 is 0 Å². The van der Waals surface area contributed by atoms with Gasteiger partial charge in [-0.1, -0.05) is 6.07 Å². The fourth-order valence-electron chi connectivity index (χ4n) is 3.07. The van der Waals surface area contributed by atoms with Gasteiger partial charge in [0.15, 0.2) is 17.2 Å². The van der Waals surface area contributed by atoms with E-state index >= 15 is 0 Å². The Balaban J connectivity index is 1.86. The van der Waals surface area contributed by atoms with E-state index in [4.69, 9.17) is 21.3 Å². The van der Waals surface area contributed by atoms with Crippen LogP contribution in [0.5, 0.6) is 5.75 Å². The highest BCUT2D eigenvalue weighted by Crippen LogP contribution is 2.34. The number of anilines is 2. The lowest BCUT2D eigenvalue weighted by atomic mass is 10.1. The van der Waals surface area contributed by atoms with E-state index in [1.807, 2.05) is 6.07 Å². The molecule has 6 N–H and O–H groups in total. The molecule has 2 heterocycles. The van der Waals surface area contributed by atoms with Crippen molar-refractivity contribution in [2.24, 2.45) is 15.4 Å². The average molecular weight is 463 g/mol. The van der Waals surface area contributed by atoms with Crippen molar-refractivity contribution in [3.8, 4) is 23.1 Å². The smallest absolute Gasteiger partial charge is 0.238 e. The summed E-state index contributed by atoms with van der Waals surface area (Å²) < 4.78 is 29.5. The number of primary sulfonamides is 1. The molecule has 12 nitrogen and oxygen atoms in total. The van der Waals surface area contributed by atoms with Gasteiger partial charge in [0.1, 0.15) is 23.2 Å². The van der Waals surface area contributed by atoms with Gasteiger partial charge < -0.3 is 16.2 Å². The van der Waals surface area contributed by atoms with Gasteiger partial charge in [-0.05, 0) is 42.5 Å². The summed E-state index contributed by atoms with van der Waals surface area (Å²) >= 11 is 0. The highest BCUT2D eigenvalue weighted by atomic mass is 32.2. The van der Waals surface area contributed by atoms with Gasteiger partial charge in [-0.15, -0.1) is 10.2 Å². The monoisotopic (exact) mass is 463 g/mol. The Bertz CT molecular complexity index is 1550. The number of nitriles is 1. The number of rotatable bonds is 5. The van der Waals surface area contributed by atoms with Gasteiger partial charge in [-0.2, -0.15) is 14.9 Å². The molecular formula is C20H17N9O3S. The number of hydrogen-bond acceptors (Lipinski definition) is 10. The van der Waals surface area contributed by atoms with E-state index < -0.39 is 10.0 Å². The molecule has 0 aliphatic heterocycles. The fraction of sp³-hybridized carbons (Fsp3) is 0.0500. The SMILES string of the molecule is COc1ccc(-c2nc3c(N=Nc4cccc(S(N)(=O)=O)c4)c(N)nn3c(N)c2C#N)cc1. The van der Waals surface area contributed by atoms with E-state index in [0.717, 1.165) is 0 Å². The van der Waals surface area contributed by atoms with E-state index in [1.54, 1.807) is 37.4 Å². The molecule has 0 aliphatic carbocycles. The third-order valence-corrected chi connectivity index (χ3v) is 5.60. The molecule has 4 aromatic rings. The van der Waals surface area contributed by atoms with E-state index in [0.29, 0.717) is 17.0 Å². The summed E-state index contributed by atoms with van der Waals surface area (Å²) in [4.78, 5) is 4.41. The molecule has 0 radical (unpaired) electrons. The lowest BCUT2D eigenvalue weighted by Crippen LogP contribution is -2.11. The first kappa shape index (κ1) is 21.7. The highest BCUT2D eigenvalue weighted by molar-refractivity contribution is 7.89. The van der Waals surface area contributed by atoms with E-state index in [2.05, 4.69) is 20.3 Å². The minimum absolute atomic E-state index is 0.0256. The highest BCUT2D eigenvalue weighted by Gasteiger charge is 2.21. The van der Waals surface area contributed by atoms with Crippen LogP contribution in [-0.2, 0) is 10.0 Å². The van der Waals surface area contributed by atoms with Gasteiger partial charge in [0.05, 0.1) is 23.4 Å². The number of aromatic nitrogens is 3. The molecule has 2 aromatic heterocycles. The van der Waals surface area contributed by atoms with Gasteiger partial charge in [0.2, 0.25) is 10.0 Å². The number of sulfonamides is 1. The third kappa shape index (κ3) is 4.03. The van der Waals surface area contributed by atoms with Crippen molar-refractivity contribution in [1.29, 1.82) is 5.26 Å². The molecule has 0 atom stereocenters. The van der Waals surface area contributed by atoms with Crippen LogP contribution in [0.1, 0.15) is 5.56 Å². The second-order valence-corrected chi connectivity index (χ2v) is 8.33. The van der Waals surface area contributed by atoms with Gasteiger partial charge in [-0.3, -0.25) is 0 Å². The van der Waals surface area contributed by atoms with Crippen LogP contribution in [0.15, 0.2) is 63.7 Å². The summed E-state index contributed by atoms with van der Waals surface area (Å²) in [7, 11) is -2.36. The maximum Gasteiger partial charge on any atom is 0.238 e. The van der Waals surface area contributed by atoms with Crippen LogP contribution in [-0.4, -0.2) is 30.1 Å². The standard InChI is InChI=1S/C20H17N9O3S/c1-32-13-7-5-11(6-8-13)16-15(10-21)19(23)29-20(25-16)17(18(22)28-29)27-26-12-3-2-4-14(9-12)33(24,30)31/h2-9H,23H2,1H3,(H2,22,28)(H2,24,30,31). The molecule has 13 heteroatoms. The molecule has 2 aromatic carbocycles. The first-order chi connectivity index (χ1) is 15.7. The summed E-state index contributed by atoms with van der Waals surface area (Å²) in [6, 6.07) is 14.6.